The zero-order chi connectivity index (χ0) is 58.6. The van der Waals surface area contributed by atoms with E-state index in [1.807, 2.05) is 81.4 Å². The van der Waals surface area contributed by atoms with Gasteiger partial charge in [-0.25, -0.2) is 23.2 Å². The van der Waals surface area contributed by atoms with Gasteiger partial charge in [-0.15, -0.1) is 0 Å². The summed E-state index contributed by atoms with van der Waals surface area (Å²) in [5.41, 5.74) is 4.44. The first-order chi connectivity index (χ1) is 40.6. The van der Waals surface area contributed by atoms with Crippen LogP contribution in [0.25, 0.3) is 21.8 Å². The third kappa shape index (κ3) is 12.6. The van der Waals surface area contributed by atoms with E-state index in [2.05, 4.69) is 10.3 Å². The number of rotatable bonds is 10. The highest BCUT2D eigenvalue weighted by molar-refractivity contribution is 6.10. The highest BCUT2D eigenvalue weighted by atomic mass is 19.1. The van der Waals surface area contributed by atoms with E-state index < -0.39 is 35.9 Å². The molecule has 0 atom stereocenters. The number of hydrogen-bond donors (Lipinski definition) is 2. The standard InChI is InChI=1S/C41H39FN4O6.C23H21FN4O4.CH4/c1-41(2,3)52-40(49)45-23-21-44(22-24-45)39(48)51-36-31-15-10-20-43-34(31)37(50-35(28-11-6-4-7-12-28)29-13-8-5-9-14-29)33-32(36)26-46(38(33)47)25-27-16-18-30(42)19-17-27;24-15-5-3-14(4-6-15)12-28-13-17-18(22(28)30)20(29)19-16(2-1-7-26-19)21(17)32-23(31)27-10-8-25-9-11-27;/h4-20,35H,21-26H2,1-3H3;1-7,25,29H,8-13H2;1H4. The number of phenolic OH excluding ortho intramolecular Hbond substituents is 1. The smallest absolute Gasteiger partial charge is 0.415 e. The van der Waals surface area contributed by atoms with E-state index in [1.54, 1.807) is 69.4 Å². The molecule has 2 fully saturated rings. The van der Waals surface area contributed by atoms with Gasteiger partial charge in [-0.05, 0) is 91.6 Å². The number of nitrogens with zero attached hydrogens (tertiary/aromatic N) is 7. The Kier molecular flexibility index (Phi) is 17.2. The molecule has 2 N–H and O–H groups in total. The fraction of sp³-hybridized carbons (Fsp3) is 0.277. The average Bonchev–Trinajstić information content (AvgIpc) is 1.92. The molecular formula is C65H64F2N8O10. The van der Waals surface area contributed by atoms with Gasteiger partial charge >= 0.3 is 18.3 Å². The number of carbonyl (C=O) groups excluding carboxylic acids is 5. The van der Waals surface area contributed by atoms with Crippen molar-refractivity contribution >= 4 is 51.9 Å². The molecule has 0 spiro atoms. The maximum Gasteiger partial charge on any atom is 0.415 e. The third-order valence-electron chi connectivity index (χ3n) is 14.8. The highest BCUT2D eigenvalue weighted by Crippen LogP contribution is 2.48. The number of piperazine rings is 2. The Balaban J connectivity index is 0.000000208. The maximum absolute atomic E-state index is 14.5. The minimum atomic E-state index is -0.636. The van der Waals surface area contributed by atoms with Gasteiger partial charge in [0.25, 0.3) is 11.8 Å². The Labute approximate surface area is 490 Å². The molecule has 2 aromatic heterocycles. The lowest BCUT2D eigenvalue weighted by Crippen LogP contribution is -2.52. The minimum Gasteiger partial charge on any atom is -0.505 e. The predicted molar refractivity (Wildman–Crippen MR) is 313 cm³/mol. The van der Waals surface area contributed by atoms with Crippen LogP contribution in [0.1, 0.15) is 88.4 Å². The molecule has 18 nitrogen and oxygen atoms in total. The molecular weight excluding hydrogens is 1090 g/mol. The molecule has 4 aliphatic rings. The fourth-order valence-electron chi connectivity index (χ4n) is 10.7. The Morgan fingerprint density at radius 2 is 1.00 bits per heavy atom. The molecule has 5 amide bonds. The summed E-state index contributed by atoms with van der Waals surface area (Å²) in [6, 6.07) is 38.2. The summed E-state index contributed by atoms with van der Waals surface area (Å²) in [5, 5.41) is 15.0. The lowest BCUT2D eigenvalue weighted by Gasteiger charge is -2.35. The fourth-order valence-corrected chi connectivity index (χ4v) is 10.7. The summed E-state index contributed by atoms with van der Waals surface area (Å²) in [4.78, 5) is 83.7. The van der Waals surface area contributed by atoms with Crippen LogP contribution < -0.4 is 19.5 Å². The van der Waals surface area contributed by atoms with Crippen molar-refractivity contribution in [2.24, 2.45) is 0 Å². The molecule has 12 rings (SSSR count). The Morgan fingerprint density at radius 1 is 0.565 bits per heavy atom. The maximum atomic E-state index is 14.5. The second kappa shape index (κ2) is 25.0. The number of amides is 5. The Morgan fingerprint density at radius 3 is 1.49 bits per heavy atom. The molecule has 85 heavy (non-hydrogen) atoms. The van der Waals surface area contributed by atoms with Crippen LogP contribution in [0.4, 0.5) is 23.2 Å². The van der Waals surface area contributed by atoms with E-state index in [4.69, 9.17) is 23.9 Å². The van der Waals surface area contributed by atoms with E-state index in [0.717, 1.165) is 22.3 Å². The first-order valence-corrected chi connectivity index (χ1v) is 27.6. The second-order valence-electron chi connectivity index (χ2n) is 21.7. The van der Waals surface area contributed by atoms with Crippen LogP contribution in [-0.4, -0.2) is 128 Å². The summed E-state index contributed by atoms with van der Waals surface area (Å²) >= 11 is 0. The van der Waals surface area contributed by atoms with Crippen molar-refractivity contribution in [3.05, 3.63) is 202 Å². The van der Waals surface area contributed by atoms with E-state index >= 15 is 0 Å². The monoisotopic (exact) mass is 1150 g/mol. The number of halogens is 2. The summed E-state index contributed by atoms with van der Waals surface area (Å²) in [7, 11) is 0. The summed E-state index contributed by atoms with van der Waals surface area (Å²) in [6.45, 7) is 9.52. The van der Waals surface area contributed by atoms with Crippen LogP contribution in [0.3, 0.4) is 0 Å². The van der Waals surface area contributed by atoms with Crippen molar-refractivity contribution in [3.63, 3.8) is 0 Å². The number of benzene rings is 6. The van der Waals surface area contributed by atoms with Gasteiger partial charge in [0, 0.05) is 99.7 Å². The highest BCUT2D eigenvalue weighted by Gasteiger charge is 2.40. The number of phenols is 1. The number of nitrogens with one attached hydrogen (secondary N) is 1. The predicted octanol–water partition coefficient (Wildman–Crippen LogP) is 11.0. The largest absolute Gasteiger partial charge is 0.505 e. The number of pyridine rings is 2. The lowest BCUT2D eigenvalue weighted by atomic mass is 9.99. The average molecular weight is 1160 g/mol. The van der Waals surface area contributed by atoms with Crippen LogP contribution in [0.5, 0.6) is 23.0 Å². The summed E-state index contributed by atoms with van der Waals surface area (Å²) in [6.07, 6.45) is 0.973. The molecule has 0 aliphatic carbocycles. The molecule has 0 saturated carbocycles. The van der Waals surface area contributed by atoms with Crippen LogP contribution in [0.2, 0.25) is 0 Å². The molecule has 0 bridgehead atoms. The first-order valence-electron chi connectivity index (χ1n) is 27.6. The van der Waals surface area contributed by atoms with E-state index in [1.165, 1.54) is 40.3 Å². The van der Waals surface area contributed by atoms with E-state index in [9.17, 15) is 37.9 Å². The number of fused-ring (bicyclic) bond motifs is 4. The van der Waals surface area contributed by atoms with Crippen LogP contribution in [-0.2, 0) is 30.9 Å². The normalized spacial score (nSPS) is 14.8. The van der Waals surface area contributed by atoms with Crippen molar-refractivity contribution in [3.8, 4) is 23.0 Å². The molecule has 4 aliphatic heterocycles. The molecule has 438 valence electrons. The molecule has 2 saturated heterocycles. The van der Waals surface area contributed by atoms with E-state index in [-0.39, 0.29) is 117 Å². The van der Waals surface area contributed by atoms with Crippen molar-refractivity contribution in [2.45, 2.75) is 66.1 Å². The number of carbonyl (C=O) groups is 5. The van der Waals surface area contributed by atoms with Gasteiger partial charge in [0.05, 0.1) is 24.2 Å². The van der Waals surface area contributed by atoms with Crippen molar-refractivity contribution in [1.29, 1.82) is 0 Å². The molecule has 0 unspecified atom stereocenters. The molecule has 20 heteroatoms. The number of aromatic hydroxyl groups is 1. The Hall–Kier alpha value is -9.69. The Bertz CT molecular complexity index is 3740. The van der Waals surface area contributed by atoms with Gasteiger partial charge in [0.15, 0.2) is 11.5 Å². The zero-order valence-electron chi connectivity index (χ0n) is 46.4. The van der Waals surface area contributed by atoms with Crippen LogP contribution in [0, 0.1) is 11.6 Å². The van der Waals surface area contributed by atoms with Crippen molar-refractivity contribution < 1.29 is 56.8 Å². The van der Waals surface area contributed by atoms with Crippen molar-refractivity contribution in [1.82, 2.24) is 39.8 Å². The van der Waals surface area contributed by atoms with Gasteiger partial charge in [0.1, 0.15) is 45.9 Å². The van der Waals surface area contributed by atoms with Crippen LogP contribution in [0.15, 0.2) is 146 Å². The van der Waals surface area contributed by atoms with Gasteiger partial charge in [-0.3, -0.25) is 19.6 Å². The third-order valence-corrected chi connectivity index (χ3v) is 14.8. The molecule has 6 heterocycles. The zero-order valence-corrected chi connectivity index (χ0v) is 46.4. The number of ether oxygens (including phenoxy) is 4. The SMILES string of the molecule is C.CC(C)(C)OC(=O)N1CCN(C(=O)Oc2c3c(c(OC(c4ccccc4)c4ccccc4)c4ncccc24)C(=O)N(Cc2ccc(F)cc2)C3)CC1.O=C(Oc1c2c(c(O)c3ncccc13)C(=O)N(Cc1ccc(F)cc1)C2)N1CCNCC1. The number of hydrogen-bond acceptors (Lipinski definition) is 13. The van der Waals surface area contributed by atoms with Crippen LogP contribution >= 0.6 is 0 Å². The van der Waals surface area contributed by atoms with Gasteiger partial charge in [-0.2, -0.15) is 0 Å². The van der Waals surface area contributed by atoms with E-state index in [0.29, 0.717) is 53.6 Å². The van der Waals surface area contributed by atoms with Gasteiger partial charge < -0.3 is 53.9 Å². The summed E-state index contributed by atoms with van der Waals surface area (Å²) in [5.74, 6) is -0.956. The van der Waals surface area contributed by atoms with Crippen molar-refractivity contribution in [2.75, 3.05) is 52.4 Å². The van der Waals surface area contributed by atoms with Gasteiger partial charge in [-0.1, -0.05) is 92.4 Å². The van der Waals surface area contributed by atoms with Gasteiger partial charge in [0.2, 0.25) is 0 Å². The quantitative estimate of drug-likeness (QED) is 0.131. The topological polar surface area (TPSA) is 197 Å². The first kappa shape index (κ1) is 58.5. The number of aromatic nitrogens is 2. The molecule has 8 aromatic rings. The lowest BCUT2D eigenvalue weighted by molar-refractivity contribution is 0.0154. The second-order valence-corrected chi connectivity index (χ2v) is 21.7. The summed E-state index contributed by atoms with van der Waals surface area (Å²) < 4.78 is 51.5. The minimum absolute atomic E-state index is 0. The molecule has 6 aromatic carbocycles. The molecule has 0 radical (unpaired) electrons.